The van der Waals surface area contributed by atoms with E-state index in [9.17, 15) is 4.79 Å². The normalized spacial score (nSPS) is 10.3. The number of aryl methyl sites for hydroxylation is 1. The number of anilines is 2. The summed E-state index contributed by atoms with van der Waals surface area (Å²) in [6.07, 6.45) is 0. The number of carbonyl (C=O) groups is 1. The van der Waals surface area contributed by atoms with Crippen molar-refractivity contribution in [2.75, 3.05) is 18.2 Å². The minimum absolute atomic E-state index is 0.228. The number of carbonyl (C=O) groups excluding carboxylic acids is 1. The number of nitrogens with one attached hydrogen (secondary N) is 1. The minimum Gasteiger partial charge on any atom is -0.497 e. The van der Waals surface area contributed by atoms with E-state index in [0.717, 1.165) is 5.75 Å². The third-order valence-corrected chi connectivity index (χ3v) is 2.91. The van der Waals surface area contributed by atoms with Crippen LogP contribution in [0.1, 0.15) is 16.3 Å². The molecule has 0 fully saturated rings. The van der Waals surface area contributed by atoms with Crippen molar-refractivity contribution in [3.8, 4) is 5.75 Å². The fourth-order valence-electron chi connectivity index (χ4n) is 1.77. The summed E-state index contributed by atoms with van der Waals surface area (Å²) in [6.45, 7) is 1.79. The molecule has 2 rings (SSSR count). The van der Waals surface area contributed by atoms with E-state index >= 15 is 0 Å². The number of benzene rings is 1. The first-order valence-electron chi connectivity index (χ1n) is 5.77. The third kappa shape index (κ3) is 2.52. The van der Waals surface area contributed by atoms with Crippen LogP contribution < -0.4 is 15.8 Å². The Bertz CT molecular complexity index is 602. The van der Waals surface area contributed by atoms with Gasteiger partial charge in [0, 0.05) is 12.7 Å². The number of hydrogen-bond acceptors (Lipinski definition) is 4. The fourth-order valence-corrected chi connectivity index (χ4v) is 1.77. The number of imidazole rings is 1. The number of amides is 1. The van der Waals surface area contributed by atoms with Crippen LogP contribution in [0.2, 0.25) is 0 Å². The second-order valence-electron chi connectivity index (χ2n) is 4.13. The lowest BCUT2D eigenvalue weighted by Gasteiger charge is -2.07. The number of rotatable bonds is 3. The maximum absolute atomic E-state index is 12.1. The number of aromatic nitrogens is 2. The van der Waals surface area contributed by atoms with Crippen LogP contribution in [0.3, 0.4) is 0 Å². The van der Waals surface area contributed by atoms with Gasteiger partial charge in [-0.3, -0.25) is 4.79 Å². The molecule has 100 valence electrons. The molecule has 0 aliphatic rings. The molecule has 0 aliphatic carbocycles. The predicted molar refractivity (Wildman–Crippen MR) is 73.3 cm³/mol. The summed E-state index contributed by atoms with van der Waals surface area (Å²) in [5, 5.41) is 2.77. The smallest absolute Gasteiger partial charge is 0.276 e. The van der Waals surface area contributed by atoms with Gasteiger partial charge in [-0.15, -0.1) is 0 Å². The van der Waals surface area contributed by atoms with Crippen molar-refractivity contribution in [2.24, 2.45) is 7.05 Å². The highest BCUT2D eigenvalue weighted by Crippen LogP contribution is 2.18. The van der Waals surface area contributed by atoms with Crippen LogP contribution in [0.5, 0.6) is 5.75 Å². The molecule has 0 spiro atoms. The second-order valence-corrected chi connectivity index (χ2v) is 4.13. The zero-order valence-electron chi connectivity index (χ0n) is 11.1. The SMILES string of the molecule is COc1ccc(NC(=O)c2c(N)nc(C)n2C)cc1. The first-order valence-corrected chi connectivity index (χ1v) is 5.77. The number of nitrogens with zero attached hydrogens (tertiary/aromatic N) is 2. The lowest BCUT2D eigenvalue weighted by molar-refractivity contribution is 0.102. The van der Waals surface area contributed by atoms with Gasteiger partial charge in [-0.05, 0) is 31.2 Å². The molecular formula is C13H16N4O2. The Kier molecular flexibility index (Phi) is 3.41. The van der Waals surface area contributed by atoms with Crippen LogP contribution in [0.25, 0.3) is 0 Å². The summed E-state index contributed by atoms with van der Waals surface area (Å²) >= 11 is 0. The van der Waals surface area contributed by atoms with Crippen LogP contribution in [0.4, 0.5) is 11.5 Å². The highest BCUT2D eigenvalue weighted by molar-refractivity contribution is 6.06. The Morgan fingerprint density at radius 3 is 2.47 bits per heavy atom. The summed E-state index contributed by atoms with van der Waals surface area (Å²) in [5.74, 6) is 1.36. The molecule has 0 bridgehead atoms. The Hall–Kier alpha value is -2.50. The highest BCUT2D eigenvalue weighted by Gasteiger charge is 2.17. The molecule has 0 radical (unpaired) electrons. The molecule has 6 nitrogen and oxygen atoms in total. The minimum atomic E-state index is -0.286. The van der Waals surface area contributed by atoms with Crippen LogP contribution in [-0.2, 0) is 7.05 Å². The molecule has 1 heterocycles. The van der Waals surface area contributed by atoms with Crippen molar-refractivity contribution in [1.29, 1.82) is 0 Å². The zero-order chi connectivity index (χ0) is 14.0. The fraction of sp³-hybridized carbons (Fsp3) is 0.231. The number of nitrogens with two attached hydrogens (primary N) is 1. The van der Waals surface area contributed by atoms with E-state index in [-0.39, 0.29) is 11.7 Å². The van der Waals surface area contributed by atoms with Crippen LogP contribution in [-0.4, -0.2) is 22.6 Å². The molecule has 3 N–H and O–H groups in total. The van der Waals surface area contributed by atoms with Crippen molar-refractivity contribution in [1.82, 2.24) is 9.55 Å². The van der Waals surface area contributed by atoms with Gasteiger partial charge in [0.25, 0.3) is 5.91 Å². The highest BCUT2D eigenvalue weighted by atomic mass is 16.5. The van der Waals surface area contributed by atoms with Crippen molar-refractivity contribution < 1.29 is 9.53 Å². The predicted octanol–water partition coefficient (Wildman–Crippen LogP) is 1.57. The Labute approximate surface area is 111 Å². The molecule has 0 atom stereocenters. The second kappa shape index (κ2) is 5.01. The summed E-state index contributed by atoms with van der Waals surface area (Å²) in [6, 6.07) is 7.06. The molecule has 0 saturated carbocycles. The number of nitrogen functional groups attached to an aromatic ring is 1. The summed E-state index contributed by atoms with van der Waals surface area (Å²) in [5.41, 5.74) is 6.75. The molecule has 0 unspecified atom stereocenters. The lowest BCUT2D eigenvalue weighted by atomic mass is 10.3. The number of ether oxygens (including phenoxy) is 1. The Morgan fingerprint density at radius 1 is 1.37 bits per heavy atom. The molecular weight excluding hydrogens is 244 g/mol. The van der Waals surface area contributed by atoms with Gasteiger partial charge in [0.05, 0.1) is 7.11 Å². The van der Waals surface area contributed by atoms with Gasteiger partial charge in [0.15, 0.2) is 11.5 Å². The van der Waals surface area contributed by atoms with Crippen LogP contribution in [0.15, 0.2) is 24.3 Å². The van der Waals surface area contributed by atoms with E-state index in [2.05, 4.69) is 10.3 Å². The zero-order valence-corrected chi connectivity index (χ0v) is 11.1. The molecule has 1 aromatic carbocycles. The van der Waals surface area contributed by atoms with Gasteiger partial charge < -0.3 is 20.4 Å². The topological polar surface area (TPSA) is 82.2 Å². The van der Waals surface area contributed by atoms with Crippen LogP contribution in [0, 0.1) is 6.92 Å². The van der Waals surface area contributed by atoms with E-state index in [1.807, 2.05) is 0 Å². The van der Waals surface area contributed by atoms with Gasteiger partial charge in [0.2, 0.25) is 0 Å². The molecule has 1 amide bonds. The Morgan fingerprint density at radius 2 is 2.00 bits per heavy atom. The van der Waals surface area contributed by atoms with Gasteiger partial charge in [0.1, 0.15) is 11.6 Å². The van der Waals surface area contributed by atoms with E-state index < -0.39 is 0 Å². The van der Waals surface area contributed by atoms with Gasteiger partial charge >= 0.3 is 0 Å². The molecule has 2 aromatic rings. The van der Waals surface area contributed by atoms with E-state index in [0.29, 0.717) is 17.2 Å². The maximum Gasteiger partial charge on any atom is 0.276 e. The average molecular weight is 260 g/mol. The molecule has 0 saturated heterocycles. The van der Waals surface area contributed by atoms with Gasteiger partial charge in [-0.2, -0.15) is 0 Å². The average Bonchev–Trinajstić information content (AvgIpc) is 2.64. The first-order chi connectivity index (χ1) is 9.02. The third-order valence-electron chi connectivity index (χ3n) is 2.91. The van der Waals surface area contributed by atoms with Crippen molar-refractivity contribution in [2.45, 2.75) is 6.92 Å². The summed E-state index contributed by atoms with van der Waals surface area (Å²) in [7, 11) is 3.34. The number of hydrogen-bond donors (Lipinski definition) is 2. The number of methoxy groups -OCH3 is 1. The van der Waals surface area contributed by atoms with Crippen molar-refractivity contribution >= 4 is 17.4 Å². The first kappa shape index (κ1) is 12.9. The molecule has 19 heavy (non-hydrogen) atoms. The van der Waals surface area contributed by atoms with Crippen LogP contribution >= 0.6 is 0 Å². The van der Waals surface area contributed by atoms with Gasteiger partial charge in [-0.25, -0.2) is 4.98 Å². The molecule has 1 aromatic heterocycles. The molecule has 0 aliphatic heterocycles. The quantitative estimate of drug-likeness (QED) is 0.877. The van der Waals surface area contributed by atoms with E-state index in [1.165, 1.54) is 0 Å². The largest absolute Gasteiger partial charge is 0.497 e. The lowest BCUT2D eigenvalue weighted by Crippen LogP contribution is -2.17. The van der Waals surface area contributed by atoms with Crippen molar-refractivity contribution in [3.05, 3.63) is 35.8 Å². The van der Waals surface area contributed by atoms with E-state index in [4.69, 9.17) is 10.5 Å². The maximum atomic E-state index is 12.1. The monoisotopic (exact) mass is 260 g/mol. The standard InChI is InChI=1S/C13H16N4O2/c1-8-15-12(14)11(17(8)2)13(18)16-9-4-6-10(19-3)7-5-9/h4-7H,14H2,1-3H3,(H,16,18). The molecule has 6 heteroatoms. The summed E-state index contributed by atoms with van der Waals surface area (Å²) < 4.78 is 6.71. The Balaban J connectivity index is 2.20. The van der Waals surface area contributed by atoms with Crippen molar-refractivity contribution in [3.63, 3.8) is 0 Å². The summed E-state index contributed by atoms with van der Waals surface area (Å²) in [4.78, 5) is 16.2. The van der Waals surface area contributed by atoms with E-state index in [1.54, 1.807) is 49.9 Å². The van der Waals surface area contributed by atoms with Gasteiger partial charge in [-0.1, -0.05) is 0 Å².